The summed E-state index contributed by atoms with van der Waals surface area (Å²) in [5, 5.41) is 3.64. The Morgan fingerprint density at radius 1 is 1.28 bits per heavy atom. The maximum Gasteiger partial charge on any atom is 0.137 e. The smallest absolute Gasteiger partial charge is 0.137 e. The average molecular weight is 265 g/mol. The first-order chi connectivity index (χ1) is 8.58. The van der Waals surface area contributed by atoms with Crippen LogP contribution in [-0.4, -0.2) is 17.1 Å². The topological polar surface area (TPSA) is 73.1 Å². The summed E-state index contributed by atoms with van der Waals surface area (Å²) in [6, 6.07) is 7.04. The number of nitrogen functional groups attached to an aromatic ring is 1. The highest BCUT2D eigenvalue weighted by molar-refractivity contribution is 6.32. The number of benzene rings is 1. The number of hydrogen-bond acceptors (Lipinski definition) is 5. The van der Waals surface area contributed by atoms with E-state index in [1.165, 1.54) is 0 Å². The summed E-state index contributed by atoms with van der Waals surface area (Å²) in [6.07, 6.45) is 0. The van der Waals surface area contributed by atoms with Gasteiger partial charge in [0.05, 0.1) is 12.1 Å². The molecule has 0 atom stereocenters. The van der Waals surface area contributed by atoms with Crippen LogP contribution in [0.4, 0.5) is 17.3 Å². The Labute approximate surface area is 110 Å². The number of aromatic nitrogens is 2. The fourth-order valence-corrected chi connectivity index (χ4v) is 1.80. The number of ether oxygens (including phenoxy) is 1. The van der Waals surface area contributed by atoms with E-state index in [0.717, 1.165) is 5.69 Å². The van der Waals surface area contributed by atoms with Crippen molar-refractivity contribution in [2.24, 2.45) is 0 Å². The highest BCUT2D eigenvalue weighted by Gasteiger charge is 2.04. The molecular weight excluding hydrogens is 252 g/mol. The molecule has 0 bridgehead atoms. The van der Waals surface area contributed by atoms with Crippen LogP contribution in [0.1, 0.15) is 5.82 Å². The second-order valence-corrected chi connectivity index (χ2v) is 4.11. The minimum absolute atomic E-state index is 0.421. The van der Waals surface area contributed by atoms with Gasteiger partial charge < -0.3 is 15.8 Å². The van der Waals surface area contributed by atoms with Gasteiger partial charge in [-0.1, -0.05) is 11.6 Å². The molecule has 0 amide bonds. The second kappa shape index (κ2) is 5.10. The van der Waals surface area contributed by atoms with E-state index < -0.39 is 0 Å². The quantitative estimate of drug-likeness (QED) is 0.892. The molecule has 0 saturated heterocycles. The summed E-state index contributed by atoms with van der Waals surface area (Å²) >= 11 is 6.04. The van der Waals surface area contributed by atoms with Crippen molar-refractivity contribution in [3.8, 4) is 5.75 Å². The molecule has 94 valence electrons. The molecule has 0 saturated carbocycles. The standard InChI is InChI=1S/C12H13ClN4O/c1-7-15-11(14)6-12(16-7)17-8-3-4-10(18-2)9(13)5-8/h3-6H,1-2H3,(H3,14,15,16,17). The van der Waals surface area contributed by atoms with E-state index in [1.54, 1.807) is 32.2 Å². The molecule has 0 spiro atoms. The Hall–Kier alpha value is -2.01. The number of hydrogen-bond donors (Lipinski definition) is 2. The van der Waals surface area contributed by atoms with Crippen LogP contribution in [0.3, 0.4) is 0 Å². The summed E-state index contributed by atoms with van der Waals surface area (Å²) in [4.78, 5) is 8.23. The van der Waals surface area contributed by atoms with Crippen molar-refractivity contribution in [2.75, 3.05) is 18.2 Å². The summed E-state index contributed by atoms with van der Waals surface area (Å²) in [5.74, 6) is 2.28. The lowest BCUT2D eigenvalue weighted by Crippen LogP contribution is -2.00. The van der Waals surface area contributed by atoms with E-state index in [9.17, 15) is 0 Å². The zero-order valence-corrected chi connectivity index (χ0v) is 10.8. The molecule has 0 aliphatic carbocycles. The van der Waals surface area contributed by atoms with E-state index in [-0.39, 0.29) is 0 Å². The van der Waals surface area contributed by atoms with Gasteiger partial charge >= 0.3 is 0 Å². The van der Waals surface area contributed by atoms with Crippen LogP contribution in [0.2, 0.25) is 5.02 Å². The largest absolute Gasteiger partial charge is 0.495 e. The molecule has 0 aliphatic rings. The van der Waals surface area contributed by atoms with Gasteiger partial charge in [0.1, 0.15) is 23.2 Å². The summed E-state index contributed by atoms with van der Waals surface area (Å²) in [5.41, 5.74) is 6.46. The highest BCUT2D eigenvalue weighted by atomic mass is 35.5. The first-order valence-electron chi connectivity index (χ1n) is 5.30. The molecule has 0 unspecified atom stereocenters. The van der Waals surface area contributed by atoms with Crippen LogP contribution in [-0.2, 0) is 0 Å². The van der Waals surface area contributed by atoms with Crippen molar-refractivity contribution in [3.05, 3.63) is 35.1 Å². The Balaban J connectivity index is 2.25. The molecule has 6 heteroatoms. The van der Waals surface area contributed by atoms with Gasteiger partial charge in [-0.05, 0) is 25.1 Å². The number of nitrogens with two attached hydrogens (primary N) is 1. The number of methoxy groups -OCH3 is 1. The minimum atomic E-state index is 0.421. The van der Waals surface area contributed by atoms with Gasteiger partial charge in [0.25, 0.3) is 0 Å². The van der Waals surface area contributed by atoms with Gasteiger partial charge in [-0.15, -0.1) is 0 Å². The molecular formula is C12H13ClN4O. The van der Waals surface area contributed by atoms with Crippen LogP contribution >= 0.6 is 11.6 Å². The lowest BCUT2D eigenvalue weighted by Gasteiger charge is -2.09. The third-order valence-corrected chi connectivity index (χ3v) is 2.58. The van der Waals surface area contributed by atoms with Crippen LogP contribution < -0.4 is 15.8 Å². The van der Waals surface area contributed by atoms with E-state index in [4.69, 9.17) is 22.1 Å². The first-order valence-corrected chi connectivity index (χ1v) is 5.68. The zero-order valence-electron chi connectivity index (χ0n) is 10.1. The van der Waals surface area contributed by atoms with Gasteiger partial charge in [-0.25, -0.2) is 9.97 Å². The summed E-state index contributed by atoms with van der Waals surface area (Å²) < 4.78 is 5.08. The lowest BCUT2D eigenvalue weighted by molar-refractivity contribution is 0.415. The third kappa shape index (κ3) is 2.81. The third-order valence-electron chi connectivity index (χ3n) is 2.28. The van der Waals surface area contributed by atoms with Crippen molar-refractivity contribution in [2.45, 2.75) is 6.92 Å². The minimum Gasteiger partial charge on any atom is -0.495 e. The van der Waals surface area contributed by atoms with Gasteiger partial charge in [-0.2, -0.15) is 0 Å². The second-order valence-electron chi connectivity index (χ2n) is 3.70. The molecule has 0 aliphatic heterocycles. The van der Waals surface area contributed by atoms with Crippen LogP contribution in [0.25, 0.3) is 0 Å². The van der Waals surface area contributed by atoms with Gasteiger partial charge in [0.15, 0.2) is 0 Å². The molecule has 2 aromatic rings. The molecule has 1 aromatic carbocycles. The number of nitrogens with zero attached hydrogens (tertiary/aromatic N) is 2. The van der Waals surface area contributed by atoms with Crippen molar-refractivity contribution >= 4 is 28.9 Å². The van der Waals surface area contributed by atoms with Gasteiger partial charge in [0.2, 0.25) is 0 Å². The average Bonchev–Trinajstić information content (AvgIpc) is 2.27. The molecule has 18 heavy (non-hydrogen) atoms. The lowest BCUT2D eigenvalue weighted by atomic mass is 10.3. The molecule has 5 nitrogen and oxygen atoms in total. The van der Waals surface area contributed by atoms with Gasteiger partial charge in [-0.3, -0.25) is 0 Å². The van der Waals surface area contributed by atoms with Crippen LogP contribution in [0, 0.1) is 6.92 Å². The number of aryl methyl sites for hydroxylation is 1. The van der Waals surface area contributed by atoms with E-state index in [0.29, 0.717) is 28.2 Å². The summed E-state index contributed by atoms with van der Waals surface area (Å²) in [6.45, 7) is 1.78. The SMILES string of the molecule is COc1ccc(Nc2cc(N)nc(C)n2)cc1Cl. The Morgan fingerprint density at radius 3 is 2.67 bits per heavy atom. The Morgan fingerprint density at radius 2 is 2.06 bits per heavy atom. The highest BCUT2D eigenvalue weighted by Crippen LogP contribution is 2.28. The van der Waals surface area contributed by atoms with Gasteiger partial charge in [0, 0.05) is 11.8 Å². The summed E-state index contributed by atoms with van der Waals surface area (Å²) in [7, 11) is 1.57. The molecule has 1 heterocycles. The molecule has 0 radical (unpaired) electrons. The first kappa shape index (κ1) is 12.4. The molecule has 2 rings (SSSR count). The van der Waals surface area contributed by atoms with Crippen molar-refractivity contribution in [3.63, 3.8) is 0 Å². The van der Waals surface area contributed by atoms with Crippen LogP contribution in [0.5, 0.6) is 5.75 Å². The number of rotatable bonds is 3. The van der Waals surface area contributed by atoms with E-state index >= 15 is 0 Å². The van der Waals surface area contributed by atoms with Crippen molar-refractivity contribution < 1.29 is 4.74 Å². The predicted octanol–water partition coefficient (Wildman–Crippen LogP) is 2.77. The molecule has 1 aromatic heterocycles. The normalized spacial score (nSPS) is 10.2. The molecule has 3 N–H and O–H groups in total. The van der Waals surface area contributed by atoms with Crippen LogP contribution in [0.15, 0.2) is 24.3 Å². The van der Waals surface area contributed by atoms with Crippen molar-refractivity contribution in [1.82, 2.24) is 9.97 Å². The maximum atomic E-state index is 6.04. The zero-order chi connectivity index (χ0) is 13.1. The molecule has 0 fully saturated rings. The Bertz CT molecular complexity index is 554. The predicted molar refractivity (Wildman–Crippen MR) is 72.5 cm³/mol. The monoisotopic (exact) mass is 264 g/mol. The maximum absolute atomic E-state index is 6.04. The number of halogens is 1. The van der Waals surface area contributed by atoms with E-state index in [1.807, 2.05) is 6.07 Å². The van der Waals surface area contributed by atoms with E-state index in [2.05, 4.69) is 15.3 Å². The number of anilines is 3. The Kier molecular flexibility index (Phi) is 3.53. The fraction of sp³-hybridized carbons (Fsp3) is 0.167. The number of nitrogens with one attached hydrogen (secondary N) is 1. The van der Waals surface area contributed by atoms with Crippen molar-refractivity contribution in [1.29, 1.82) is 0 Å². The fourth-order valence-electron chi connectivity index (χ4n) is 1.55.